The van der Waals surface area contributed by atoms with Crippen LogP contribution in [0.15, 0.2) is 30.5 Å². The number of halogens is 1. The molecule has 3 heterocycles. The molecule has 3 aromatic rings. The number of aromatic nitrogens is 3. The third kappa shape index (κ3) is 3.55. The maximum Gasteiger partial charge on any atom is 0.222 e. The standard InChI is InChI=1S/C18H18ClN5O2S/c1-25-15-11(3-2-4-12(15)20)14-16(13-5-6-21-17(19)22-13)27-18(23-14)24-7-9-26-10-8-24/h2-6H,7-10,20H2,1H3. The van der Waals surface area contributed by atoms with Crippen molar-refractivity contribution in [1.82, 2.24) is 15.0 Å². The van der Waals surface area contributed by atoms with E-state index >= 15 is 0 Å². The molecule has 1 fully saturated rings. The van der Waals surface area contributed by atoms with Crippen molar-refractivity contribution in [2.75, 3.05) is 44.0 Å². The highest BCUT2D eigenvalue weighted by atomic mass is 35.5. The van der Waals surface area contributed by atoms with E-state index in [4.69, 9.17) is 31.8 Å². The van der Waals surface area contributed by atoms with Crippen molar-refractivity contribution in [2.24, 2.45) is 0 Å². The fourth-order valence-corrected chi connectivity index (χ4v) is 4.23. The maximum atomic E-state index is 6.11. The van der Waals surface area contributed by atoms with E-state index in [0.717, 1.165) is 34.4 Å². The Kier molecular flexibility index (Phi) is 5.11. The van der Waals surface area contributed by atoms with E-state index in [1.807, 2.05) is 18.2 Å². The second-order valence-electron chi connectivity index (χ2n) is 5.91. The number of benzene rings is 1. The molecule has 0 aliphatic carbocycles. The Balaban J connectivity index is 1.89. The molecule has 0 spiro atoms. The predicted molar refractivity (Wildman–Crippen MR) is 108 cm³/mol. The number of anilines is 2. The molecule has 0 amide bonds. The van der Waals surface area contributed by atoms with E-state index in [1.165, 1.54) is 0 Å². The number of para-hydroxylation sites is 1. The quantitative estimate of drug-likeness (QED) is 0.528. The van der Waals surface area contributed by atoms with Crippen LogP contribution in [0, 0.1) is 0 Å². The summed E-state index contributed by atoms with van der Waals surface area (Å²) < 4.78 is 11.0. The van der Waals surface area contributed by atoms with Crippen molar-refractivity contribution in [3.8, 4) is 27.6 Å². The van der Waals surface area contributed by atoms with Gasteiger partial charge >= 0.3 is 0 Å². The summed E-state index contributed by atoms with van der Waals surface area (Å²) in [4.78, 5) is 16.4. The number of methoxy groups -OCH3 is 1. The van der Waals surface area contributed by atoms with Gasteiger partial charge in [-0.1, -0.05) is 17.4 Å². The summed E-state index contributed by atoms with van der Waals surface area (Å²) in [7, 11) is 1.60. The number of rotatable bonds is 4. The summed E-state index contributed by atoms with van der Waals surface area (Å²) in [5.41, 5.74) is 8.96. The lowest BCUT2D eigenvalue weighted by molar-refractivity contribution is 0.122. The average Bonchev–Trinajstić information content (AvgIpc) is 3.14. The molecule has 0 bridgehead atoms. The SMILES string of the molecule is COc1c(N)cccc1-c1nc(N2CCOCC2)sc1-c1ccnc(Cl)n1. The summed E-state index contributed by atoms with van der Waals surface area (Å²) >= 11 is 7.58. The summed E-state index contributed by atoms with van der Waals surface area (Å²) in [6.07, 6.45) is 1.64. The first kappa shape index (κ1) is 18.0. The Labute approximate surface area is 165 Å². The molecule has 1 aliphatic heterocycles. The van der Waals surface area contributed by atoms with Gasteiger partial charge in [-0.3, -0.25) is 0 Å². The van der Waals surface area contributed by atoms with Gasteiger partial charge in [-0.15, -0.1) is 0 Å². The second kappa shape index (κ2) is 7.67. The van der Waals surface area contributed by atoms with Crippen molar-refractivity contribution in [1.29, 1.82) is 0 Å². The van der Waals surface area contributed by atoms with Crippen LogP contribution in [-0.4, -0.2) is 48.4 Å². The third-order valence-electron chi connectivity index (χ3n) is 4.26. The zero-order valence-corrected chi connectivity index (χ0v) is 16.3. The lowest BCUT2D eigenvalue weighted by Crippen LogP contribution is -2.36. The van der Waals surface area contributed by atoms with E-state index in [0.29, 0.717) is 30.3 Å². The minimum atomic E-state index is 0.194. The van der Waals surface area contributed by atoms with Gasteiger partial charge in [0.15, 0.2) is 10.9 Å². The molecule has 140 valence electrons. The van der Waals surface area contributed by atoms with E-state index in [9.17, 15) is 0 Å². The minimum Gasteiger partial charge on any atom is -0.494 e. The zero-order chi connectivity index (χ0) is 18.8. The fourth-order valence-electron chi connectivity index (χ4n) is 2.99. The minimum absolute atomic E-state index is 0.194. The monoisotopic (exact) mass is 403 g/mol. The van der Waals surface area contributed by atoms with Crippen LogP contribution in [0.25, 0.3) is 21.8 Å². The fraction of sp³-hybridized carbons (Fsp3) is 0.278. The van der Waals surface area contributed by atoms with E-state index in [-0.39, 0.29) is 5.28 Å². The number of morpholine rings is 1. The van der Waals surface area contributed by atoms with Gasteiger partial charge in [0.05, 0.1) is 42.3 Å². The van der Waals surface area contributed by atoms with Crippen molar-refractivity contribution in [2.45, 2.75) is 0 Å². The number of hydrogen-bond donors (Lipinski definition) is 1. The molecule has 7 nitrogen and oxygen atoms in total. The number of ether oxygens (including phenoxy) is 2. The van der Waals surface area contributed by atoms with Crippen LogP contribution < -0.4 is 15.4 Å². The van der Waals surface area contributed by atoms with Crippen molar-refractivity contribution >= 4 is 33.8 Å². The molecular weight excluding hydrogens is 386 g/mol. The number of hydrogen-bond acceptors (Lipinski definition) is 8. The Morgan fingerprint density at radius 1 is 1.22 bits per heavy atom. The molecule has 1 aromatic carbocycles. The molecule has 0 saturated carbocycles. The first-order chi connectivity index (χ1) is 13.2. The molecule has 0 atom stereocenters. The molecule has 1 aliphatic rings. The van der Waals surface area contributed by atoms with Crippen molar-refractivity contribution in [3.05, 3.63) is 35.7 Å². The third-order valence-corrected chi connectivity index (χ3v) is 5.58. The van der Waals surface area contributed by atoms with Gasteiger partial charge in [-0.05, 0) is 29.8 Å². The topological polar surface area (TPSA) is 86.4 Å². The molecule has 1 saturated heterocycles. The van der Waals surface area contributed by atoms with E-state index < -0.39 is 0 Å². The first-order valence-corrected chi connectivity index (χ1v) is 9.62. The highest BCUT2D eigenvalue weighted by Gasteiger charge is 2.23. The Hall–Kier alpha value is -2.42. The summed E-state index contributed by atoms with van der Waals surface area (Å²) in [5.74, 6) is 0.595. The normalized spacial score (nSPS) is 14.4. The van der Waals surface area contributed by atoms with Gasteiger partial charge in [0.25, 0.3) is 0 Å². The molecule has 0 unspecified atom stereocenters. The van der Waals surface area contributed by atoms with Gasteiger partial charge < -0.3 is 20.1 Å². The second-order valence-corrected chi connectivity index (χ2v) is 7.23. The smallest absolute Gasteiger partial charge is 0.222 e. The number of nitrogens with two attached hydrogens (primary N) is 1. The maximum absolute atomic E-state index is 6.11. The average molecular weight is 404 g/mol. The van der Waals surface area contributed by atoms with Crippen LogP contribution in [0.3, 0.4) is 0 Å². The summed E-state index contributed by atoms with van der Waals surface area (Å²) in [6, 6.07) is 7.46. The van der Waals surface area contributed by atoms with Crippen LogP contribution >= 0.6 is 22.9 Å². The van der Waals surface area contributed by atoms with Gasteiger partial charge in [-0.25, -0.2) is 15.0 Å². The summed E-state index contributed by atoms with van der Waals surface area (Å²) in [5, 5.41) is 1.10. The predicted octanol–water partition coefficient (Wildman–Crippen LogP) is 3.35. The van der Waals surface area contributed by atoms with Crippen molar-refractivity contribution in [3.63, 3.8) is 0 Å². The van der Waals surface area contributed by atoms with Crippen molar-refractivity contribution < 1.29 is 9.47 Å². The lowest BCUT2D eigenvalue weighted by atomic mass is 10.1. The molecule has 0 radical (unpaired) electrons. The Morgan fingerprint density at radius 3 is 2.78 bits per heavy atom. The van der Waals surface area contributed by atoms with Gasteiger partial charge in [0.1, 0.15) is 0 Å². The van der Waals surface area contributed by atoms with E-state index in [2.05, 4.69) is 14.9 Å². The zero-order valence-electron chi connectivity index (χ0n) is 14.7. The number of nitrogens with zero attached hydrogens (tertiary/aromatic N) is 4. The molecular formula is C18H18ClN5O2S. The van der Waals surface area contributed by atoms with Crippen LogP contribution in [0.4, 0.5) is 10.8 Å². The van der Waals surface area contributed by atoms with Crippen LogP contribution in [0.1, 0.15) is 0 Å². The van der Waals surface area contributed by atoms with Gasteiger partial charge in [0.2, 0.25) is 5.28 Å². The lowest BCUT2D eigenvalue weighted by Gasteiger charge is -2.26. The summed E-state index contributed by atoms with van der Waals surface area (Å²) in [6.45, 7) is 2.96. The number of thiazole rings is 1. The van der Waals surface area contributed by atoms with Gasteiger partial charge in [0, 0.05) is 24.8 Å². The molecule has 4 rings (SSSR count). The van der Waals surface area contributed by atoms with Crippen LogP contribution in [0.2, 0.25) is 5.28 Å². The highest BCUT2D eigenvalue weighted by molar-refractivity contribution is 7.19. The van der Waals surface area contributed by atoms with Crippen LogP contribution in [-0.2, 0) is 4.74 Å². The Bertz CT molecular complexity index is 959. The van der Waals surface area contributed by atoms with Crippen LogP contribution in [0.5, 0.6) is 5.75 Å². The largest absolute Gasteiger partial charge is 0.494 e. The van der Waals surface area contributed by atoms with Gasteiger partial charge in [-0.2, -0.15) is 0 Å². The highest BCUT2D eigenvalue weighted by Crippen LogP contribution is 2.44. The molecule has 2 aromatic heterocycles. The van der Waals surface area contributed by atoms with E-state index in [1.54, 1.807) is 30.7 Å². The molecule has 9 heteroatoms. The first-order valence-electron chi connectivity index (χ1n) is 8.42. The number of nitrogen functional groups attached to an aromatic ring is 1. The molecule has 2 N–H and O–H groups in total. The molecule has 27 heavy (non-hydrogen) atoms. The Morgan fingerprint density at radius 2 is 2.04 bits per heavy atom.